The predicted molar refractivity (Wildman–Crippen MR) is 83.9 cm³/mol. The Morgan fingerprint density at radius 2 is 1.95 bits per heavy atom. The Labute approximate surface area is 125 Å². The number of aromatic nitrogens is 2. The average Bonchev–Trinajstić information content (AvgIpc) is 2.84. The summed E-state index contributed by atoms with van der Waals surface area (Å²) in [5.74, 6) is 1.73. The van der Waals surface area contributed by atoms with Gasteiger partial charge in [0.05, 0.1) is 25.5 Å². The second-order valence-electron chi connectivity index (χ2n) is 5.03. The van der Waals surface area contributed by atoms with Crippen LogP contribution in [-0.2, 0) is 11.3 Å². The van der Waals surface area contributed by atoms with E-state index in [2.05, 4.69) is 33.9 Å². The van der Waals surface area contributed by atoms with Crippen molar-refractivity contribution in [1.29, 1.82) is 0 Å². The van der Waals surface area contributed by atoms with E-state index in [1.165, 1.54) is 5.56 Å². The second-order valence-corrected chi connectivity index (χ2v) is 5.03. The summed E-state index contributed by atoms with van der Waals surface area (Å²) in [5, 5.41) is 3.45. The SMILES string of the molecule is COCCn1cc(C)nc1NC(C)c1ccc(OC)cc1. The molecule has 5 nitrogen and oxygen atoms in total. The largest absolute Gasteiger partial charge is 0.497 e. The topological polar surface area (TPSA) is 48.3 Å². The van der Waals surface area contributed by atoms with Crippen LogP contribution in [0.5, 0.6) is 5.75 Å². The minimum atomic E-state index is 0.166. The highest BCUT2D eigenvalue weighted by Crippen LogP contribution is 2.21. The maximum absolute atomic E-state index is 5.18. The lowest BCUT2D eigenvalue weighted by atomic mass is 10.1. The van der Waals surface area contributed by atoms with Crippen LogP contribution < -0.4 is 10.1 Å². The van der Waals surface area contributed by atoms with Gasteiger partial charge in [0, 0.05) is 19.9 Å². The Bertz CT molecular complexity index is 563. The Balaban J connectivity index is 2.09. The highest BCUT2D eigenvalue weighted by molar-refractivity contribution is 5.36. The van der Waals surface area contributed by atoms with Gasteiger partial charge in [0.15, 0.2) is 0 Å². The van der Waals surface area contributed by atoms with Gasteiger partial charge in [0.2, 0.25) is 5.95 Å². The first-order chi connectivity index (χ1) is 10.1. The summed E-state index contributed by atoms with van der Waals surface area (Å²) in [5.41, 5.74) is 2.19. The smallest absolute Gasteiger partial charge is 0.203 e. The van der Waals surface area contributed by atoms with Crippen molar-refractivity contribution in [3.8, 4) is 5.75 Å². The van der Waals surface area contributed by atoms with E-state index in [0.717, 1.165) is 23.9 Å². The second kappa shape index (κ2) is 7.13. The van der Waals surface area contributed by atoms with Crippen LogP contribution in [0, 0.1) is 6.92 Å². The first-order valence-corrected chi connectivity index (χ1v) is 7.07. The van der Waals surface area contributed by atoms with Crippen molar-refractivity contribution in [1.82, 2.24) is 9.55 Å². The molecule has 2 aromatic rings. The van der Waals surface area contributed by atoms with E-state index in [1.54, 1.807) is 14.2 Å². The zero-order chi connectivity index (χ0) is 15.2. The molecule has 114 valence electrons. The first-order valence-electron chi connectivity index (χ1n) is 7.07. The Hall–Kier alpha value is -2.01. The lowest BCUT2D eigenvalue weighted by molar-refractivity contribution is 0.187. The van der Waals surface area contributed by atoms with Crippen molar-refractivity contribution >= 4 is 5.95 Å². The summed E-state index contributed by atoms with van der Waals surface area (Å²) in [4.78, 5) is 4.53. The molecule has 0 amide bonds. The van der Waals surface area contributed by atoms with E-state index in [4.69, 9.17) is 9.47 Å². The summed E-state index contributed by atoms with van der Waals surface area (Å²) < 4.78 is 12.4. The van der Waals surface area contributed by atoms with E-state index in [-0.39, 0.29) is 6.04 Å². The van der Waals surface area contributed by atoms with Crippen molar-refractivity contribution in [2.75, 3.05) is 26.1 Å². The average molecular weight is 289 g/mol. The van der Waals surface area contributed by atoms with Gasteiger partial charge >= 0.3 is 0 Å². The molecule has 1 N–H and O–H groups in total. The molecule has 1 heterocycles. The van der Waals surface area contributed by atoms with Crippen LogP contribution in [0.3, 0.4) is 0 Å². The van der Waals surface area contributed by atoms with Crippen molar-refractivity contribution < 1.29 is 9.47 Å². The maximum Gasteiger partial charge on any atom is 0.203 e. The van der Waals surface area contributed by atoms with E-state index < -0.39 is 0 Å². The van der Waals surface area contributed by atoms with Crippen LogP contribution in [0.1, 0.15) is 24.2 Å². The van der Waals surface area contributed by atoms with Gasteiger partial charge in [0.1, 0.15) is 5.75 Å². The van der Waals surface area contributed by atoms with Crippen molar-refractivity contribution in [3.05, 3.63) is 41.7 Å². The summed E-state index contributed by atoms with van der Waals surface area (Å²) in [6.45, 7) is 5.56. The van der Waals surface area contributed by atoms with Crippen LogP contribution >= 0.6 is 0 Å². The monoisotopic (exact) mass is 289 g/mol. The van der Waals surface area contributed by atoms with Gasteiger partial charge in [0.25, 0.3) is 0 Å². The molecule has 1 aromatic heterocycles. The standard InChI is InChI=1S/C16H23N3O2/c1-12-11-19(9-10-20-3)16(17-12)18-13(2)14-5-7-15(21-4)8-6-14/h5-8,11,13H,9-10H2,1-4H3,(H,17,18). The molecular formula is C16H23N3O2. The normalized spacial score (nSPS) is 12.2. The molecule has 0 aliphatic carbocycles. The fraction of sp³-hybridized carbons (Fsp3) is 0.438. The fourth-order valence-electron chi connectivity index (χ4n) is 2.19. The number of ether oxygens (including phenoxy) is 2. The van der Waals surface area contributed by atoms with E-state index >= 15 is 0 Å². The fourth-order valence-corrected chi connectivity index (χ4v) is 2.19. The lowest BCUT2D eigenvalue weighted by Gasteiger charge is -2.16. The molecule has 2 rings (SSSR count). The minimum absolute atomic E-state index is 0.166. The molecule has 0 fully saturated rings. The predicted octanol–water partition coefficient (Wildman–Crippen LogP) is 3.02. The van der Waals surface area contributed by atoms with Gasteiger partial charge in [-0.25, -0.2) is 4.98 Å². The molecule has 1 atom stereocenters. The third-order valence-electron chi connectivity index (χ3n) is 3.39. The van der Waals surface area contributed by atoms with Crippen LogP contribution in [0.25, 0.3) is 0 Å². The molecule has 5 heteroatoms. The molecule has 0 aliphatic heterocycles. The van der Waals surface area contributed by atoms with Gasteiger partial charge in [-0.15, -0.1) is 0 Å². The molecule has 0 aliphatic rings. The number of anilines is 1. The molecule has 1 unspecified atom stereocenters. The van der Waals surface area contributed by atoms with Crippen LogP contribution in [-0.4, -0.2) is 30.4 Å². The number of hydrogen-bond donors (Lipinski definition) is 1. The lowest BCUT2D eigenvalue weighted by Crippen LogP contribution is -2.13. The molecule has 21 heavy (non-hydrogen) atoms. The number of aryl methyl sites for hydroxylation is 1. The number of hydrogen-bond acceptors (Lipinski definition) is 4. The summed E-state index contributed by atoms with van der Waals surface area (Å²) in [7, 11) is 3.38. The van der Waals surface area contributed by atoms with Gasteiger partial charge in [-0.05, 0) is 31.5 Å². The number of rotatable bonds is 7. The van der Waals surface area contributed by atoms with Crippen molar-refractivity contribution in [2.24, 2.45) is 0 Å². The summed E-state index contributed by atoms with van der Waals surface area (Å²) in [6.07, 6.45) is 2.03. The Morgan fingerprint density at radius 3 is 2.57 bits per heavy atom. The van der Waals surface area contributed by atoms with Gasteiger partial charge in [-0.1, -0.05) is 12.1 Å². The molecule has 1 aromatic carbocycles. The summed E-state index contributed by atoms with van der Waals surface area (Å²) >= 11 is 0. The highest BCUT2D eigenvalue weighted by atomic mass is 16.5. The molecule has 0 bridgehead atoms. The van der Waals surface area contributed by atoms with Gasteiger partial charge in [-0.2, -0.15) is 0 Å². The van der Waals surface area contributed by atoms with Crippen molar-refractivity contribution in [3.63, 3.8) is 0 Å². The van der Waals surface area contributed by atoms with E-state index in [1.807, 2.05) is 25.3 Å². The summed E-state index contributed by atoms with van der Waals surface area (Å²) in [6, 6.07) is 8.23. The Kier molecular flexibility index (Phi) is 5.22. The number of benzene rings is 1. The first kappa shape index (κ1) is 15.4. The molecular weight excluding hydrogens is 266 g/mol. The zero-order valence-corrected chi connectivity index (χ0v) is 13.1. The highest BCUT2D eigenvalue weighted by Gasteiger charge is 2.10. The minimum Gasteiger partial charge on any atom is -0.497 e. The number of imidazole rings is 1. The third-order valence-corrected chi connectivity index (χ3v) is 3.39. The zero-order valence-electron chi connectivity index (χ0n) is 13.1. The molecule has 0 radical (unpaired) electrons. The molecule has 0 saturated heterocycles. The molecule has 0 spiro atoms. The number of nitrogens with one attached hydrogen (secondary N) is 1. The van der Waals surface area contributed by atoms with Crippen LogP contribution in [0.2, 0.25) is 0 Å². The van der Waals surface area contributed by atoms with Gasteiger partial charge < -0.3 is 19.4 Å². The number of methoxy groups -OCH3 is 2. The van der Waals surface area contributed by atoms with Crippen molar-refractivity contribution in [2.45, 2.75) is 26.4 Å². The Morgan fingerprint density at radius 1 is 1.24 bits per heavy atom. The third kappa shape index (κ3) is 3.98. The van der Waals surface area contributed by atoms with E-state index in [0.29, 0.717) is 6.61 Å². The number of nitrogens with zero attached hydrogens (tertiary/aromatic N) is 2. The van der Waals surface area contributed by atoms with E-state index in [9.17, 15) is 0 Å². The quantitative estimate of drug-likeness (QED) is 0.851. The molecule has 0 saturated carbocycles. The van der Waals surface area contributed by atoms with Gasteiger partial charge in [-0.3, -0.25) is 0 Å². The van der Waals surface area contributed by atoms with Crippen LogP contribution in [0.15, 0.2) is 30.5 Å². The van der Waals surface area contributed by atoms with Crippen LogP contribution in [0.4, 0.5) is 5.95 Å². The maximum atomic E-state index is 5.18.